The van der Waals surface area contributed by atoms with Gasteiger partial charge in [0.15, 0.2) is 5.82 Å². The molecule has 0 saturated heterocycles. The summed E-state index contributed by atoms with van der Waals surface area (Å²) in [4.78, 5) is 0.785. The largest absolute Gasteiger partial charge is 0.235 e. The summed E-state index contributed by atoms with van der Waals surface area (Å²) < 4.78 is 2.79. The van der Waals surface area contributed by atoms with E-state index >= 15 is 0 Å². The number of hydrogen-bond acceptors (Lipinski definition) is 4. The Morgan fingerprint density at radius 2 is 1.83 bits per heavy atom. The van der Waals surface area contributed by atoms with E-state index in [1.165, 1.54) is 11.3 Å². The second kappa shape index (κ2) is 6.06. The quantitative estimate of drug-likeness (QED) is 0.511. The molecule has 23 heavy (non-hydrogen) atoms. The van der Waals surface area contributed by atoms with Gasteiger partial charge in [0.25, 0.3) is 0 Å². The molecular formula is C17H11BrN4S. The molecule has 0 aliphatic heterocycles. The maximum Gasteiger partial charge on any atom is 0.235 e. The molecule has 0 aliphatic carbocycles. The van der Waals surface area contributed by atoms with Gasteiger partial charge < -0.3 is 0 Å². The van der Waals surface area contributed by atoms with Crippen molar-refractivity contribution >= 4 is 44.4 Å². The molecular weight excluding hydrogens is 372 g/mol. The van der Waals surface area contributed by atoms with E-state index in [0.717, 1.165) is 31.4 Å². The monoisotopic (exact) mass is 382 g/mol. The van der Waals surface area contributed by atoms with E-state index in [0.29, 0.717) is 0 Å². The normalized spacial score (nSPS) is 11.5. The van der Waals surface area contributed by atoms with Gasteiger partial charge in [-0.1, -0.05) is 75.8 Å². The molecule has 0 atom stereocenters. The standard InChI is InChI=1S/C17H11BrN4S/c18-14-8-4-7-13(11-14)16-19-20-17-22(16)21-15(23-17)10-9-12-5-2-1-3-6-12/h1-11H. The predicted octanol–water partition coefficient (Wildman–Crippen LogP) is 4.79. The van der Waals surface area contributed by atoms with Crippen LogP contribution in [0.25, 0.3) is 28.5 Å². The molecule has 2 aromatic carbocycles. The van der Waals surface area contributed by atoms with Crippen LogP contribution in [0, 0.1) is 0 Å². The van der Waals surface area contributed by atoms with Crippen molar-refractivity contribution in [3.8, 4) is 11.4 Å². The molecule has 4 aromatic rings. The summed E-state index contributed by atoms with van der Waals surface area (Å²) in [5.74, 6) is 0.747. The highest BCUT2D eigenvalue weighted by molar-refractivity contribution is 9.10. The van der Waals surface area contributed by atoms with Crippen molar-refractivity contribution < 1.29 is 0 Å². The summed E-state index contributed by atoms with van der Waals surface area (Å²) in [6.07, 6.45) is 4.05. The summed E-state index contributed by atoms with van der Waals surface area (Å²) >= 11 is 5.00. The van der Waals surface area contributed by atoms with Crippen molar-refractivity contribution in [2.45, 2.75) is 0 Å². The fourth-order valence-corrected chi connectivity index (χ4v) is 3.38. The van der Waals surface area contributed by atoms with Crippen LogP contribution >= 0.6 is 27.3 Å². The highest BCUT2D eigenvalue weighted by Crippen LogP contribution is 2.24. The van der Waals surface area contributed by atoms with E-state index in [2.05, 4.69) is 43.4 Å². The molecule has 0 spiro atoms. The zero-order valence-electron chi connectivity index (χ0n) is 11.9. The van der Waals surface area contributed by atoms with Gasteiger partial charge in [-0.05, 0) is 23.8 Å². The first kappa shape index (κ1) is 14.3. The Balaban J connectivity index is 1.71. The average molecular weight is 383 g/mol. The SMILES string of the molecule is Brc1cccc(-c2nnc3sc(C=Cc4ccccc4)nn23)c1. The van der Waals surface area contributed by atoms with Crippen LogP contribution in [-0.2, 0) is 0 Å². The summed E-state index contributed by atoms with van der Waals surface area (Å²) in [5.41, 5.74) is 2.13. The minimum absolute atomic E-state index is 0.747. The number of halogens is 1. The topological polar surface area (TPSA) is 43.1 Å². The van der Waals surface area contributed by atoms with Crippen LogP contribution < -0.4 is 0 Å². The Hall–Kier alpha value is -2.31. The molecule has 2 heterocycles. The summed E-state index contributed by atoms with van der Waals surface area (Å²) in [6, 6.07) is 18.1. The first-order chi connectivity index (χ1) is 11.3. The molecule has 0 unspecified atom stereocenters. The summed E-state index contributed by atoms with van der Waals surface area (Å²) in [7, 11) is 0. The van der Waals surface area contributed by atoms with Gasteiger partial charge in [-0.2, -0.15) is 9.61 Å². The van der Waals surface area contributed by atoms with Gasteiger partial charge in [0.05, 0.1) is 0 Å². The highest BCUT2D eigenvalue weighted by Gasteiger charge is 2.12. The van der Waals surface area contributed by atoms with Crippen LogP contribution in [0.5, 0.6) is 0 Å². The van der Waals surface area contributed by atoms with E-state index in [4.69, 9.17) is 0 Å². The maximum absolute atomic E-state index is 4.60. The van der Waals surface area contributed by atoms with Gasteiger partial charge >= 0.3 is 0 Å². The second-order valence-electron chi connectivity index (χ2n) is 4.91. The van der Waals surface area contributed by atoms with Crippen LogP contribution in [0.3, 0.4) is 0 Å². The van der Waals surface area contributed by atoms with Gasteiger partial charge in [-0.3, -0.25) is 0 Å². The molecule has 0 fully saturated rings. The van der Waals surface area contributed by atoms with Crippen LogP contribution in [0.1, 0.15) is 10.6 Å². The number of aromatic nitrogens is 4. The Labute approximate surface area is 145 Å². The molecule has 0 saturated carbocycles. The molecule has 0 bridgehead atoms. The van der Waals surface area contributed by atoms with Crippen LogP contribution in [0.15, 0.2) is 59.1 Å². The molecule has 4 nitrogen and oxygen atoms in total. The van der Waals surface area contributed by atoms with Crippen molar-refractivity contribution in [3.05, 3.63) is 69.6 Å². The molecule has 0 N–H and O–H groups in total. The molecule has 0 amide bonds. The van der Waals surface area contributed by atoms with E-state index in [1.54, 1.807) is 4.52 Å². The second-order valence-corrected chi connectivity index (χ2v) is 6.82. The fraction of sp³-hybridized carbons (Fsp3) is 0. The summed E-state index contributed by atoms with van der Waals surface area (Å²) in [6.45, 7) is 0. The van der Waals surface area contributed by atoms with Crippen LogP contribution in [-0.4, -0.2) is 19.8 Å². The van der Waals surface area contributed by atoms with E-state index in [1.807, 2.05) is 54.6 Å². The number of fused-ring (bicyclic) bond motifs is 1. The zero-order chi connectivity index (χ0) is 15.6. The van der Waals surface area contributed by atoms with E-state index < -0.39 is 0 Å². The number of nitrogens with zero attached hydrogens (tertiary/aromatic N) is 4. The number of benzene rings is 2. The molecule has 6 heteroatoms. The Morgan fingerprint density at radius 3 is 2.65 bits per heavy atom. The van der Waals surface area contributed by atoms with Gasteiger partial charge in [-0.15, -0.1) is 10.2 Å². The lowest BCUT2D eigenvalue weighted by Crippen LogP contribution is -1.90. The van der Waals surface area contributed by atoms with Gasteiger partial charge in [0.1, 0.15) is 5.01 Å². The fourth-order valence-electron chi connectivity index (χ4n) is 2.24. The van der Waals surface area contributed by atoms with Crippen LogP contribution in [0.2, 0.25) is 0 Å². The lowest BCUT2D eigenvalue weighted by atomic mass is 10.2. The molecule has 0 aliphatic rings. The minimum atomic E-state index is 0.747. The highest BCUT2D eigenvalue weighted by atomic mass is 79.9. The first-order valence-corrected chi connectivity index (χ1v) is 8.62. The molecule has 4 rings (SSSR count). The van der Waals surface area contributed by atoms with E-state index in [-0.39, 0.29) is 0 Å². The lowest BCUT2D eigenvalue weighted by Gasteiger charge is -1.97. The third-order valence-electron chi connectivity index (χ3n) is 3.31. The van der Waals surface area contributed by atoms with Crippen molar-refractivity contribution in [2.75, 3.05) is 0 Å². The van der Waals surface area contributed by atoms with Crippen molar-refractivity contribution in [3.63, 3.8) is 0 Å². The number of rotatable bonds is 3. The van der Waals surface area contributed by atoms with Gasteiger partial charge in [0.2, 0.25) is 4.96 Å². The third-order valence-corrected chi connectivity index (χ3v) is 4.66. The minimum Gasteiger partial charge on any atom is -0.182 e. The van der Waals surface area contributed by atoms with Crippen LogP contribution in [0.4, 0.5) is 0 Å². The van der Waals surface area contributed by atoms with Gasteiger partial charge in [-0.25, -0.2) is 0 Å². The smallest absolute Gasteiger partial charge is 0.182 e. The van der Waals surface area contributed by atoms with Crippen molar-refractivity contribution in [1.29, 1.82) is 0 Å². The molecule has 2 aromatic heterocycles. The Bertz CT molecular complexity index is 988. The first-order valence-electron chi connectivity index (χ1n) is 7.01. The number of hydrogen-bond donors (Lipinski definition) is 0. The molecule has 112 valence electrons. The van der Waals surface area contributed by atoms with Crippen molar-refractivity contribution in [2.24, 2.45) is 0 Å². The van der Waals surface area contributed by atoms with Gasteiger partial charge in [0, 0.05) is 10.0 Å². The lowest BCUT2D eigenvalue weighted by molar-refractivity contribution is 0.959. The Morgan fingerprint density at radius 1 is 0.957 bits per heavy atom. The van der Waals surface area contributed by atoms with Crippen molar-refractivity contribution in [1.82, 2.24) is 19.8 Å². The average Bonchev–Trinajstić information content (AvgIpc) is 3.14. The maximum atomic E-state index is 4.60. The third kappa shape index (κ3) is 2.95. The zero-order valence-corrected chi connectivity index (χ0v) is 14.3. The predicted molar refractivity (Wildman–Crippen MR) is 97.2 cm³/mol. The molecule has 0 radical (unpaired) electrons. The van der Waals surface area contributed by atoms with E-state index in [9.17, 15) is 0 Å². The Kier molecular flexibility index (Phi) is 3.77. The summed E-state index contributed by atoms with van der Waals surface area (Å²) in [5, 5.41) is 14.0.